The van der Waals surface area contributed by atoms with E-state index in [-0.39, 0.29) is 5.56 Å². The van der Waals surface area contributed by atoms with Crippen LogP contribution in [0.2, 0.25) is 0 Å². The summed E-state index contributed by atoms with van der Waals surface area (Å²) in [5.74, 6) is 0.704. The maximum atomic E-state index is 12.2. The number of nitrogens with one attached hydrogen (secondary N) is 2. The van der Waals surface area contributed by atoms with E-state index in [2.05, 4.69) is 42.3 Å². The molecule has 2 aromatic rings. The van der Waals surface area contributed by atoms with E-state index in [1.54, 1.807) is 0 Å². The number of hydrogen-bond acceptors (Lipinski definition) is 2. The topological polar surface area (TPSA) is 44.9 Å². The minimum atomic E-state index is 0.0701. The number of fused-ring (bicyclic) bond motifs is 3. The van der Waals surface area contributed by atoms with Gasteiger partial charge in [-0.1, -0.05) is 26.0 Å². The summed E-state index contributed by atoms with van der Waals surface area (Å²) in [6, 6.07) is 6.48. The van der Waals surface area contributed by atoms with E-state index in [1.807, 2.05) is 0 Å². The van der Waals surface area contributed by atoms with Crippen molar-refractivity contribution in [2.75, 3.05) is 11.9 Å². The summed E-state index contributed by atoms with van der Waals surface area (Å²) >= 11 is 0. The van der Waals surface area contributed by atoms with E-state index >= 15 is 0 Å². The van der Waals surface area contributed by atoms with Gasteiger partial charge in [-0.3, -0.25) is 4.79 Å². The van der Waals surface area contributed by atoms with Gasteiger partial charge in [0.15, 0.2) is 0 Å². The molecule has 0 spiro atoms. The highest BCUT2D eigenvalue weighted by Gasteiger charge is 2.15. The van der Waals surface area contributed by atoms with Gasteiger partial charge in [0.25, 0.3) is 5.56 Å². The van der Waals surface area contributed by atoms with Crippen LogP contribution in [0.25, 0.3) is 10.9 Å². The SMILES string of the molecule is CC(C)CCc1ccc2c3c(c(=O)[nH]c2c1)CCCN3. The molecule has 3 rings (SSSR count). The molecule has 2 heterocycles. The van der Waals surface area contributed by atoms with E-state index in [0.717, 1.165) is 48.0 Å². The Hall–Kier alpha value is -1.77. The van der Waals surface area contributed by atoms with E-state index in [9.17, 15) is 4.79 Å². The molecule has 0 saturated heterocycles. The summed E-state index contributed by atoms with van der Waals surface area (Å²) in [6.07, 6.45) is 4.16. The first-order valence-corrected chi connectivity index (χ1v) is 7.57. The third-order valence-corrected chi connectivity index (χ3v) is 4.09. The van der Waals surface area contributed by atoms with Gasteiger partial charge in [-0.05, 0) is 43.2 Å². The molecule has 3 nitrogen and oxygen atoms in total. The summed E-state index contributed by atoms with van der Waals surface area (Å²) in [5.41, 5.74) is 4.30. The fourth-order valence-electron chi connectivity index (χ4n) is 2.92. The molecule has 0 saturated carbocycles. The van der Waals surface area contributed by atoms with E-state index < -0.39 is 0 Å². The van der Waals surface area contributed by atoms with Crippen molar-refractivity contribution in [3.05, 3.63) is 39.7 Å². The van der Waals surface area contributed by atoms with Crippen molar-refractivity contribution < 1.29 is 0 Å². The van der Waals surface area contributed by atoms with Gasteiger partial charge in [0.2, 0.25) is 0 Å². The molecule has 1 aliphatic rings. The van der Waals surface area contributed by atoms with Crippen LogP contribution in [-0.2, 0) is 12.8 Å². The van der Waals surface area contributed by atoms with Crippen LogP contribution in [0.3, 0.4) is 0 Å². The van der Waals surface area contributed by atoms with Crippen molar-refractivity contribution >= 4 is 16.6 Å². The van der Waals surface area contributed by atoms with Crippen molar-refractivity contribution in [2.24, 2.45) is 5.92 Å². The fraction of sp³-hybridized carbons (Fsp3) is 0.471. The number of pyridine rings is 1. The zero-order valence-electron chi connectivity index (χ0n) is 12.3. The maximum Gasteiger partial charge on any atom is 0.253 e. The lowest BCUT2D eigenvalue weighted by atomic mass is 9.98. The second-order valence-corrected chi connectivity index (χ2v) is 6.15. The molecular weight excluding hydrogens is 248 g/mol. The summed E-state index contributed by atoms with van der Waals surface area (Å²) in [6.45, 7) is 5.44. The maximum absolute atomic E-state index is 12.2. The Morgan fingerprint density at radius 2 is 2.15 bits per heavy atom. The lowest BCUT2D eigenvalue weighted by Crippen LogP contribution is -2.22. The van der Waals surface area contributed by atoms with E-state index in [1.165, 1.54) is 12.0 Å². The largest absolute Gasteiger partial charge is 0.384 e. The number of aromatic amines is 1. The first-order chi connectivity index (χ1) is 9.65. The molecule has 2 N–H and O–H groups in total. The standard InChI is InChI=1S/C17H22N2O/c1-11(2)5-6-12-7-8-13-15(10-12)19-17(20)14-4-3-9-18-16(13)14/h7-8,10-11,18H,3-6,9H2,1-2H3,(H,19,20). The molecule has 0 radical (unpaired) electrons. The Bertz CT molecular complexity index is 685. The van der Waals surface area contributed by atoms with Crippen LogP contribution in [0, 0.1) is 5.92 Å². The number of hydrogen-bond donors (Lipinski definition) is 2. The highest BCUT2D eigenvalue weighted by molar-refractivity contribution is 5.93. The molecule has 106 valence electrons. The first-order valence-electron chi connectivity index (χ1n) is 7.57. The minimum Gasteiger partial charge on any atom is -0.384 e. The summed E-state index contributed by atoms with van der Waals surface area (Å²) in [5, 5.41) is 4.54. The third-order valence-electron chi connectivity index (χ3n) is 4.09. The Morgan fingerprint density at radius 1 is 1.30 bits per heavy atom. The van der Waals surface area contributed by atoms with Crippen LogP contribution in [0.4, 0.5) is 5.69 Å². The molecule has 0 atom stereocenters. The Morgan fingerprint density at radius 3 is 2.95 bits per heavy atom. The number of H-pyrrole nitrogens is 1. The van der Waals surface area contributed by atoms with Gasteiger partial charge < -0.3 is 10.3 Å². The average molecular weight is 270 g/mol. The van der Waals surface area contributed by atoms with Crippen LogP contribution < -0.4 is 10.9 Å². The van der Waals surface area contributed by atoms with Crippen LogP contribution in [0.5, 0.6) is 0 Å². The van der Waals surface area contributed by atoms with Crippen molar-refractivity contribution in [1.82, 2.24) is 4.98 Å². The average Bonchev–Trinajstić information content (AvgIpc) is 2.45. The van der Waals surface area contributed by atoms with Gasteiger partial charge in [0.1, 0.15) is 0 Å². The first kappa shape index (κ1) is 13.2. The lowest BCUT2D eigenvalue weighted by Gasteiger charge is -2.19. The zero-order chi connectivity index (χ0) is 14.1. The Balaban J connectivity index is 2.05. The van der Waals surface area contributed by atoms with Gasteiger partial charge in [-0.15, -0.1) is 0 Å². The highest BCUT2D eigenvalue weighted by Crippen LogP contribution is 2.28. The van der Waals surface area contributed by atoms with Gasteiger partial charge in [0.05, 0.1) is 11.2 Å². The normalized spacial score (nSPS) is 14.3. The Labute approximate surface area is 119 Å². The number of aryl methyl sites for hydroxylation is 1. The monoisotopic (exact) mass is 270 g/mol. The molecule has 1 aliphatic heterocycles. The second-order valence-electron chi connectivity index (χ2n) is 6.15. The molecule has 0 unspecified atom stereocenters. The number of rotatable bonds is 3. The predicted octanol–water partition coefficient (Wildman–Crippen LogP) is 3.47. The summed E-state index contributed by atoms with van der Waals surface area (Å²) in [7, 11) is 0. The number of anilines is 1. The molecule has 1 aromatic carbocycles. The lowest BCUT2D eigenvalue weighted by molar-refractivity contribution is 0.587. The van der Waals surface area contributed by atoms with Gasteiger partial charge in [-0.2, -0.15) is 0 Å². The predicted molar refractivity (Wildman–Crippen MR) is 84.5 cm³/mol. The highest BCUT2D eigenvalue weighted by atomic mass is 16.1. The van der Waals surface area contributed by atoms with Crippen LogP contribution >= 0.6 is 0 Å². The molecule has 0 amide bonds. The number of benzene rings is 1. The van der Waals surface area contributed by atoms with Crippen LogP contribution in [0.15, 0.2) is 23.0 Å². The van der Waals surface area contributed by atoms with Crippen molar-refractivity contribution in [2.45, 2.75) is 39.5 Å². The second kappa shape index (κ2) is 5.31. The summed E-state index contributed by atoms with van der Waals surface area (Å²) in [4.78, 5) is 15.2. The number of aromatic nitrogens is 1. The molecule has 3 heteroatoms. The molecule has 0 fully saturated rings. The van der Waals surface area contributed by atoms with Crippen molar-refractivity contribution in [1.29, 1.82) is 0 Å². The zero-order valence-corrected chi connectivity index (χ0v) is 12.3. The Kier molecular flexibility index (Phi) is 3.51. The molecule has 1 aromatic heterocycles. The van der Waals surface area contributed by atoms with Crippen molar-refractivity contribution in [3.8, 4) is 0 Å². The molecule has 0 aliphatic carbocycles. The molecule has 0 bridgehead atoms. The summed E-state index contributed by atoms with van der Waals surface area (Å²) < 4.78 is 0. The van der Waals surface area contributed by atoms with Gasteiger partial charge in [0, 0.05) is 17.5 Å². The smallest absolute Gasteiger partial charge is 0.253 e. The van der Waals surface area contributed by atoms with Crippen molar-refractivity contribution in [3.63, 3.8) is 0 Å². The van der Waals surface area contributed by atoms with Crippen LogP contribution in [0.1, 0.15) is 37.8 Å². The van der Waals surface area contributed by atoms with Crippen LogP contribution in [-0.4, -0.2) is 11.5 Å². The van der Waals surface area contributed by atoms with Gasteiger partial charge in [-0.25, -0.2) is 0 Å². The minimum absolute atomic E-state index is 0.0701. The van der Waals surface area contributed by atoms with E-state index in [4.69, 9.17) is 0 Å². The third kappa shape index (κ3) is 2.45. The molecular formula is C17H22N2O. The molecule has 20 heavy (non-hydrogen) atoms. The fourth-order valence-corrected chi connectivity index (χ4v) is 2.92. The van der Waals surface area contributed by atoms with Gasteiger partial charge >= 0.3 is 0 Å². The van der Waals surface area contributed by atoms with E-state index in [0.29, 0.717) is 5.92 Å². The quantitative estimate of drug-likeness (QED) is 0.897.